The van der Waals surface area contributed by atoms with Crippen LogP contribution in [-0.2, 0) is 19.1 Å². The van der Waals surface area contributed by atoms with Crippen LogP contribution in [0, 0.1) is 17.8 Å². The summed E-state index contributed by atoms with van der Waals surface area (Å²) in [5.41, 5.74) is -1.76. The van der Waals surface area contributed by atoms with Crippen molar-refractivity contribution in [1.82, 2.24) is 15.5 Å². The maximum Gasteiger partial charge on any atom is 0.246 e. The van der Waals surface area contributed by atoms with Crippen LogP contribution in [0.3, 0.4) is 0 Å². The van der Waals surface area contributed by atoms with Gasteiger partial charge in [-0.2, -0.15) is 0 Å². The van der Waals surface area contributed by atoms with Crippen LogP contribution in [0.2, 0.25) is 0 Å². The summed E-state index contributed by atoms with van der Waals surface area (Å²) in [4.78, 5) is 41.6. The molecule has 1 saturated carbocycles. The van der Waals surface area contributed by atoms with Crippen molar-refractivity contribution >= 4 is 17.7 Å². The van der Waals surface area contributed by atoms with Crippen molar-refractivity contribution in [3.8, 4) is 0 Å². The number of nitrogens with zero attached hydrogens (tertiary/aromatic N) is 1. The molecule has 0 aromatic carbocycles. The number of ether oxygens (including phenoxy) is 1. The Labute approximate surface area is 178 Å². The number of hydrogen-bond acceptors (Lipinski definition) is 5. The zero-order valence-corrected chi connectivity index (χ0v) is 18.3. The van der Waals surface area contributed by atoms with Gasteiger partial charge in [0.15, 0.2) is 0 Å². The standard InChI is InChI=1S/C22H35N3O5/c1-13-12-22-16(15(18(27)23-3)21(13,2)30-22)20(29)25(10-7-11-26)17(22)19(28)24-14-8-5-4-6-9-14/h13-17,26H,4-12H2,1-3H3,(H,23,27)(H,24,28)/t13?,15-,16+,17?,21+,22?/m1/s1. The molecule has 6 atom stereocenters. The predicted octanol–water partition coefficient (Wildman–Crippen LogP) is 0.574. The van der Waals surface area contributed by atoms with Crippen LogP contribution in [-0.4, -0.2) is 71.2 Å². The lowest BCUT2D eigenvalue weighted by Gasteiger charge is -2.36. The van der Waals surface area contributed by atoms with E-state index in [1.807, 2.05) is 13.8 Å². The van der Waals surface area contributed by atoms with Crippen molar-refractivity contribution in [3.63, 3.8) is 0 Å². The van der Waals surface area contributed by atoms with Gasteiger partial charge in [-0.15, -0.1) is 0 Å². The molecule has 4 fully saturated rings. The summed E-state index contributed by atoms with van der Waals surface area (Å²) in [6, 6.07) is -0.639. The molecule has 3 N–H and O–H groups in total. The molecule has 3 saturated heterocycles. The minimum Gasteiger partial charge on any atom is -0.396 e. The topological polar surface area (TPSA) is 108 Å². The van der Waals surface area contributed by atoms with Crippen molar-refractivity contribution in [3.05, 3.63) is 0 Å². The first-order valence-electron chi connectivity index (χ1n) is 11.4. The number of carbonyl (C=O) groups is 3. The fourth-order valence-corrected chi connectivity index (χ4v) is 6.60. The minimum atomic E-state index is -0.989. The third-order valence-electron chi connectivity index (χ3n) is 8.10. The van der Waals surface area contributed by atoms with Crippen LogP contribution < -0.4 is 10.6 Å². The summed E-state index contributed by atoms with van der Waals surface area (Å²) < 4.78 is 6.58. The molecule has 1 aliphatic carbocycles. The fraction of sp³-hybridized carbons (Fsp3) is 0.864. The van der Waals surface area contributed by atoms with Gasteiger partial charge in [0.1, 0.15) is 11.6 Å². The van der Waals surface area contributed by atoms with Crippen LogP contribution in [0.5, 0.6) is 0 Å². The Balaban J connectivity index is 1.70. The van der Waals surface area contributed by atoms with Gasteiger partial charge in [-0.05, 0) is 38.5 Å². The van der Waals surface area contributed by atoms with E-state index >= 15 is 0 Å². The molecule has 1 spiro atoms. The second-order valence-electron chi connectivity index (χ2n) is 9.77. The summed E-state index contributed by atoms with van der Waals surface area (Å²) in [5, 5.41) is 15.3. The van der Waals surface area contributed by atoms with E-state index in [0.29, 0.717) is 12.8 Å². The molecule has 0 aromatic heterocycles. The smallest absolute Gasteiger partial charge is 0.246 e. The molecule has 0 aromatic rings. The molecule has 8 heteroatoms. The number of hydrogen-bond donors (Lipinski definition) is 3. The minimum absolute atomic E-state index is 0.0478. The number of rotatable bonds is 6. The van der Waals surface area contributed by atoms with Gasteiger partial charge < -0.3 is 25.4 Å². The van der Waals surface area contributed by atoms with Crippen molar-refractivity contribution in [2.45, 2.75) is 82.1 Å². The lowest BCUT2D eigenvalue weighted by Crippen LogP contribution is -2.57. The molecule has 2 bridgehead atoms. The SMILES string of the molecule is CNC(=O)[C@H]1[C@H]2C(=O)N(CCCO)C(C(=O)NC3CCCCC3)C23CC(C)[C@]1(C)O3. The third-order valence-corrected chi connectivity index (χ3v) is 8.10. The van der Waals surface area contributed by atoms with Gasteiger partial charge in [0, 0.05) is 26.2 Å². The molecule has 3 heterocycles. The highest BCUT2D eigenvalue weighted by Crippen LogP contribution is 2.65. The van der Waals surface area contributed by atoms with Gasteiger partial charge >= 0.3 is 0 Å². The van der Waals surface area contributed by atoms with Gasteiger partial charge in [0.25, 0.3) is 0 Å². The normalized spacial score (nSPS) is 40.5. The number of aliphatic hydroxyl groups is 1. The molecule has 8 nitrogen and oxygen atoms in total. The summed E-state index contributed by atoms with van der Waals surface area (Å²) in [6.07, 6.45) is 6.26. The number of likely N-dealkylation sites (tertiary alicyclic amines) is 1. The first kappa shape index (κ1) is 21.6. The third kappa shape index (κ3) is 2.98. The summed E-state index contributed by atoms with van der Waals surface area (Å²) in [5.74, 6) is -1.82. The van der Waals surface area contributed by atoms with Crippen LogP contribution in [0.4, 0.5) is 0 Å². The Hall–Kier alpha value is -1.67. The fourth-order valence-electron chi connectivity index (χ4n) is 6.60. The van der Waals surface area contributed by atoms with Crippen molar-refractivity contribution in [1.29, 1.82) is 0 Å². The van der Waals surface area contributed by atoms with E-state index < -0.39 is 29.1 Å². The number of aliphatic hydroxyl groups excluding tert-OH is 1. The summed E-state index contributed by atoms with van der Waals surface area (Å²) >= 11 is 0. The molecule has 3 unspecified atom stereocenters. The maximum absolute atomic E-state index is 13.6. The van der Waals surface area contributed by atoms with E-state index in [9.17, 15) is 19.5 Å². The Morgan fingerprint density at radius 3 is 2.57 bits per heavy atom. The van der Waals surface area contributed by atoms with Gasteiger partial charge in [-0.1, -0.05) is 26.2 Å². The highest BCUT2D eigenvalue weighted by Gasteiger charge is 2.79. The Kier molecular flexibility index (Phi) is 5.60. The van der Waals surface area contributed by atoms with Crippen LogP contribution in [0.15, 0.2) is 0 Å². The van der Waals surface area contributed by atoms with Gasteiger partial charge in [0.05, 0.1) is 17.4 Å². The largest absolute Gasteiger partial charge is 0.396 e. The predicted molar refractivity (Wildman–Crippen MR) is 109 cm³/mol. The molecule has 30 heavy (non-hydrogen) atoms. The molecule has 168 valence electrons. The summed E-state index contributed by atoms with van der Waals surface area (Å²) in [6.45, 7) is 4.17. The quantitative estimate of drug-likeness (QED) is 0.581. The lowest BCUT2D eigenvalue weighted by molar-refractivity contribution is -0.147. The first-order valence-corrected chi connectivity index (χ1v) is 11.4. The molecule has 4 aliphatic rings. The molecule has 3 aliphatic heterocycles. The number of fused-ring (bicyclic) bond motifs is 1. The van der Waals surface area contributed by atoms with Crippen molar-refractivity contribution in [2.75, 3.05) is 20.2 Å². The van der Waals surface area contributed by atoms with Gasteiger partial charge in [0.2, 0.25) is 17.7 Å². The Morgan fingerprint density at radius 2 is 1.93 bits per heavy atom. The monoisotopic (exact) mass is 421 g/mol. The van der Waals surface area contributed by atoms with Gasteiger partial charge in [-0.3, -0.25) is 14.4 Å². The van der Waals surface area contributed by atoms with Crippen molar-refractivity contribution < 1.29 is 24.2 Å². The van der Waals surface area contributed by atoms with Crippen molar-refractivity contribution in [2.24, 2.45) is 17.8 Å². The Bertz CT molecular complexity index is 724. The second-order valence-corrected chi connectivity index (χ2v) is 9.77. The average Bonchev–Trinajstić information content (AvgIpc) is 3.23. The number of carbonyl (C=O) groups excluding carboxylic acids is 3. The first-order chi connectivity index (χ1) is 14.3. The number of nitrogens with one attached hydrogen (secondary N) is 2. The highest BCUT2D eigenvalue weighted by molar-refractivity contribution is 5.99. The number of amides is 3. The van der Waals surface area contributed by atoms with E-state index in [1.54, 1.807) is 11.9 Å². The zero-order chi connectivity index (χ0) is 21.7. The van der Waals surface area contributed by atoms with E-state index in [0.717, 1.165) is 25.7 Å². The Morgan fingerprint density at radius 1 is 1.23 bits per heavy atom. The van der Waals surface area contributed by atoms with Crippen LogP contribution >= 0.6 is 0 Å². The van der Waals surface area contributed by atoms with Crippen LogP contribution in [0.1, 0.15) is 58.8 Å². The molecular formula is C22H35N3O5. The van der Waals surface area contributed by atoms with E-state index in [1.165, 1.54) is 6.42 Å². The summed E-state index contributed by atoms with van der Waals surface area (Å²) in [7, 11) is 1.57. The van der Waals surface area contributed by atoms with Gasteiger partial charge in [-0.25, -0.2) is 0 Å². The maximum atomic E-state index is 13.6. The molecule has 4 rings (SSSR count). The zero-order valence-electron chi connectivity index (χ0n) is 18.3. The molecule has 0 radical (unpaired) electrons. The highest BCUT2D eigenvalue weighted by atomic mass is 16.5. The van der Waals surface area contributed by atoms with E-state index in [2.05, 4.69) is 10.6 Å². The van der Waals surface area contributed by atoms with E-state index in [-0.39, 0.29) is 42.8 Å². The molecular weight excluding hydrogens is 386 g/mol. The lowest BCUT2D eigenvalue weighted by atomic mass is 9.62. The van der Waals surface area contributed by atoms with E-state index in [4.69, 9.17) is 4.74 Å². The molecule has 3 amide bonds. The average molecular weight is 422 g/mol. The second kappa shape index (κ2) is 7.79. The van der Waals surface area contributed by atoms with Crippen LogP contribution in [0.25, 0.3) is 0 Å².